The van der Waals surface area contributed by atoms with Crippen molar-refractivity contribution < 1.29 is 8.78 Å². The molecule has 4 nitrogen and oxygen atoms in total. The van der Waals surface area contributed by atoms with Gasteiger partial charge in [-0.25, -0.2) is 8.78 Å². The molecule has 2 aromatic rings. The van der Waals surface area contributed by atoms with Crippen molar-refractivity contribution in [3.8, 4) is 0 Å². The Hall–Kier alpha value is -2.37. The summed E-state index contributed by atoms with van der Waals surface area (Å²) < 4.78 is 28.2. The third-order valence-corrected chi connectivity index (χ3v) is 3.49. The van der Waals surface area contributed by atoms with Crippen LogP contribution in [0.2, 0.25) is 0 Å². The molecule has 2 rings (SSSR count). The van der Waals surface area contributed by atoms with Crippen LogP contribution in [0.3, 0.4) is 0 Å². The summed E-state index contributed by atoms with van der Waals surface area (Å²) in [7, 11) is 1.68. The third kappa shape index (κ3) is 4.31. The summed E-state index contributed by atoms with van der Waals surface area (Å²) in [6.45, 7) is 6.48. The van der Waals surface area contributed by atoms with Crippen molar-refractivity contribution in [1.29, 1.82) is 0 Å². The summed E-state index contributed by atoms with van der Waals surface area (Å²) in [5.41, 5.74) is 0.861. The fourth-order valence-corrected chi connectivity index (χ4v) is 2.12. The summed E-state index contributed by atoms with van der Waals surface area (Å²) in [6, 6.07) is 9.46. The fraction of sp³-hybridized carbons (Fsp3) is 0.353. The third-order valence-electron chi connectivity index (χ3n) is 3.49. The molecule has 0 saturated heterocycles. The lowest BCUT2D eigenvalue weighted by atomic mass is 10.1. The molecule has 0 amide bonds. The normalized spacial score (nSPS) is 13.4. The Labute approximate surface area is 135 Å². The van der Waals surface area contributed by atoms with E-state index in [2.05, 4.69) is 22.3 Å². The summed E-state index contributed by atoms with van der Waals surface area (Å²) >= 11 is 0. The topological polar surface area (TPSA) is 41.9 Å². The molecule has 0 saturated carbocycles. The molecule has 0 bridgehead atoms. The van der Waals surface area contributed by atoms with Crippen LogP contribution in [-0.2, 0) is 12.7 Å². The van der Waals surface area contributed by atoms with Gasteiger partial charge in [0.1, 0.15) is 18.2 Å². The Morgan fingerprint density at radius 3 is 2.78 bits per heavy atom. The summed E-state index contributed by atoms with van der Waals surface area (Å²) in [6.07, 6.45) is 0. The molecule has 1 aromatic heterocycles. The number of hydrogen-bond donors (Lipinski definition) is 2. The van der Waals surface area contributed by atoms with Gasteiger partial charge in [-0.05, 0) is 31.5 Å². The molecule has 1 aromatic carbocycles. The van der Waals surface area contributed by atoms with Gasteiger partial charge in [0.2, 0.25) is 0 Å². The van der Waals surface area contributed by atoms with Crippen molar-refractivity contribution in [2.45, 2.75) is 19.5 Å². The molecule has 0 spiro atoms. The van der Waals surface area contributed by atoms with Crippen molar-refractivity contribution in [3.63, 3.8) is 0 Å². The van der Waals surface area contributed by atoms with Crippen LogP contribution in [0.5, 0.6) is 0 Å². The van der Waals surface area contributed by atoms with Crippen molar-refractivity contribution in [3.05, 3.63) is 53.9 Å². The molecular formula is C17H22F2N4. The maximum Gasteiger partial charge on any atom is 0.179 e. The van der Waals surface area contributed by atoms with Crippen molar-refractivity contribution >= 4 is 11.5 Å². The molecule has 1 unspecified atom stereocenters. The van der Waals surface area contributed by atoms with Crippen LogP contribution in [0.25, 0.3) is 0 Å². The van der Waals surface area contributed by atoms with E-state index >= 15 is 0 Å². The first kappa shape index (κ1) is 17.0. The number of anilines is 2. The predicted molar refractivity (Wildman–Crippen MR) is 90.1 cm³/mol. The molecule has 0 aliphatic heterocycles. The number of nitrogens with zero attached hydrogens (tertiary/aromatic N) is 2. The number of nitrogens with one attached hydrogen (secondary N) is 2. The maximum atomic E-state index is 14.0. The molecule has 1 heterocycles. The fourth-order valence-electron chi connectivity index (χ4n) is 2.12. The molecule has 124 valence electrons. The SMILES string of the molecule is C=C(CNc1cc(C(C)(F)CF)nn1C)Nc1cccc(C)c1. The Bertz CT molecular complexity index is 692. The second-order valence-electron chi connectivity index (χ2n) is 5.82. The van der Waals surface area contributed by atoms with E-state index in [1.165, 1.54) is 17.7 Å². The molecule has 0 aliphatic carbocycles. The predicted octanol–water partition coefficient (Wildman–Crippen LogP) is 3.92. The quantitative estimate of drug-likeness (QED) is 0.812. The van der Waals surface area contributed by atoms with Gasteiger partial charge in [-0.15, -0.1) is 0 Å². The van der Waals surface area contributed by atoms with E-state index in [4.69, 9.17) is 0 Å². The van der Waals surface area contributed by atoms with Gasteiger partial charge in [0, 0.05) is 24.5 Å². The zero-order valence-electron chi connectivity index (χ0n) is 13.7. The largest absolute Gasteiger partial charge is 0.365 e. The average molecular weight is 320 g/mol. The van der Waals surface area contributed by atoms with Gasteiger partial charge in [-0.1, -0.05) is 18.7 Å². The van der Waals surface area contributed by atoms with Crippen LogP contribution < -0.4 is 10.6 Å². The molecule has 0 radical (unpaired) electrons. The van der Waals surface area contributed by atoms with Crippen molar-refractivity contribution in [2.75, 3.05) is 23.9 Å². The zero-order chi connectivity index (χ0) is 17.0. The number of aryl methyl sites for hydroxylation is 2. The molecule has 1 atom stereocenters. The van der Waals surface area contributed by atoms with Crippen molar-refractivity contribution in [1.82, 2.24) is 9.78 Å². The Morgan fingerprint density at radius 2 is 2.13 bits per heavy atom. The molecule has 6 heteroatoms. The smallest absolute Gasteiger partial charge is 0.179 e. The summed E-state index contributed by atoms with van der Waals surface area (Å²) in [5.74, 6) is 0.601. The highest BCUT2D eigenvalue weighted by Crippen LogP contribution is 2.26. The number of hydrogen-bond acceptors (Lipinski definition) is 3. The lowest BCUT2D eigenvalue weighted by Crippen LogP contribution is -2.18. The highest BCUT2D eigenvalue weighted by Gasteiger charge is 2.29. The minimum absolute atomic E-state index is 0.0715. The first-order valence-corrected chi connectivity index (χ1v) is 7.36. The van der Waals surface area contributed by atoms with Gasteiger partial charge < -0.3 is 10.6 Å². The Kier molecular flexibility index (Phi) is 5.03. The minimum atomic E-state index is -2.07. The molecular weight excluding hydrogens is 298 g/mol. The van der Waals surface area contributed by atoms with Gasteiger partial charge in [0.15, 0.2) is 5.67 Å². The monoisotopic (exact) mass is 320 g/mol. The van der Waals surface area contributed by atoms with Crippen molar-refractivity contribution in [2.24, 2.45) is 7.05 Å². The molecule has 23 heavy (non-hydrogen) atoms. The van der Waals surface area contributed by atoms with Gasteiger partial charge in [0.25, 0.3) is 0 Å². The van der Waals surface area contributed by atoms with E-state index < -0.39 is 12.3 Å². The summed E-state index contributed by atoms with van der Waals surface area (Å²) in [5, 5.41) is 10.3. The highest BCUT2D eigenvalue weighted by atomic mass is 19.2. The molecule has 2 N–H and O–H groups in total. The second-order valence-corrected chi connectivity index (χ2v) is 5.82. The molecule has 0 aliphatic rings. The van der Waals surface area contributed by atoms with E-state index in [-0.39, 0.29) is 5.69 Å². The Balaban J connectivity index is 1.97. The Morgan fingerprint density at radius 1 is 1.39 bits per heavy atom. The minimum Gasteiger partial charge on any atom is -0.365 e. The number of alkyl halides is 2. The van der Waals surface area contributed by atoms with E-state index in [1.807, 2.05) is 31.2 Å². The number of rotatable bonds is 7. The van der Waals surface area contributed by atoms with Gasteiger partial charge in [-0.3, -0.25) is 4.68 Å². The van der Waals surface area contributed by atoms with Gasteiger partial charge in [0.05, 0.1) is 6.54 Å². The van der Waals surface area contributed by atoms with Crippen LogP contribution in [0.15, 0.2) is 42.6 Å². The van der Waals surface area contributed by atoms with Crippen LogP contribution in [0, 0.1) is 6.92 Å². The van der Waals surface area contributed by atoms with E-state index in [9.17, 15) is 8.78 Å². The first-order chi connectivity index (χ1) is 10.8. The lowest BCUT2D eigenvalue weighted by Gasteiger charge is -2.12. The number of halogens is 2. The van der Waals surface area contributed by atoms with Gasteiger partial charge >= 0.3 is 0 Å². The van der Waals surface area contributed by atoms with E-state index in [0.29, 0.717) is 12.4 Å². The van der Waals surface area contributed by atoms with Crippen LogP contribution >= 0.6 is 0 Å². The number of aromatic nitrogens is 2. The molecule has 0 fully saturated rings. The zero-order valence-corrected chi connectivity index (χ0v) is 13.7. The van der Waals surface area contributed by atoms with E-state index in [0.717, 1.165) is 16.9 Å². The summed E-state index contributed by atoms with van der Waals surface area (Å²) in [4.78, 5) is 0. The van der Waals surface area contributed by atoms with Gasteiger partial charge in [-0.2, -0.15) is 5.10 Å². The van der Waals surface area contributed by atoms with Crippen LogP contribution in [-0.4, -0.2) is 23.0 Å². The standard InChI is InChI=1S/C17H22F2N4/c1-12-6-5-7-14(8-12)21-13(2)10-20-16-9-15(22-23(16)4)17(3,19)11-18/h5-9,20-21H,2,10-11H2,1,3-4H3. The highest BCUT2D eigenvalue weighted by molar-refractivity contribution is 5.51. The maximum absolute atomic E-state index is 14.0. The van der Waals surface area contributed by atoms with Crippen LogP contribution in [0.4, 0.5) is 20.3 Å². The second kappa shape index (κ2) is 6.81. The average Bonchev–Trinajstić information content (AvgIpc) is 2.87. The van der Waals surface area contributed by atoms with Crippen LogP contribution in [0.1, 0.15) is 18.2 Å². The first-order valence-electron chi connectivity index (χ1n) is 7.36. The van der Waals surface area contributed by atoms with E-state index in [1.54, 1.807) is 7.05 Å². The lowest BCUT2D eigenvalue weighted by molar-refractivity contribution is 0.136. The number of benzene rings is 1.